The van der Waals surface area contributed by atoms with Gasteiger partial charge in [-0.3, -0.25) is 4.98 Å². The Bertz CT molecular complexity index is 995. The average molecular weight is 307 g/mol. The monoisotopic (exact) mass is 307 g/mol. The third kappa shape index (κ3) is 2.84. The molecule has 0 saturated heterocycles. The molecule has 0 amide bonds. The Morgan fingerprint density at radius 1 is 0.583 bits per heavy atom. The summed E-state index contributed by atoms with van der Waals surface area (Å²) >= 11 is 0. The molecule has 0 bridgehead atoms. The van der Waals surface area contributed by atoms with Crippen LogP contribution < -0.4 is 0 Å². The molecule has 0 aliphatic heterocycles. The largest absolute Gasteiger partial charge is 0.256 e. The molecule has 0 fully saturated rings. The zero-order valence-corrected chi connectivity index (χ0v) is 13.3. The van der Waals surface area contributed by atoms with Gasteiger partial charge >= 0.3 is 0 Å². The van der Waals surface area contributed by atoms with Gasteiger partial charge in [0.05, 0.1) is 5.69 Å². The quantitative estimate of drug-likeness (QED) is 0.418. The normalized spacial score (nSPS) is 11.2. The molecule has 1 heteroatoms. The van der Waals surface area contributed by atoms with E-state index in [0.717, 1.165) is 11.3 Å². The van der Waals surface area contributed by atoms with Gasteiger partial charge in [-0.05, 0) is 34.0 Å². The highest BCUT2D eigenvalue weighted by atomic mass is 14.7. The van der Waals surface area contributed by atoms with Crippen LogP contribution in [0.15, 0.2) is 91.1 Å². The first-order valence-electron chi connectivity index (χ1n) is 8.08. The summed E-state index contributed by atoms with van der Waals surface area (Å²) in [4.78, 5) is 4.48. The second-order valence-electron chi connectivity index (χ2n) is 5.70. The number of hydrogen-bond acceptors (Lipinski definition) is 1. The Morgan fingerprint density at radius 3 is 2.21 bits per heavy atom. The lowest BCUT2D eigenvalue weighted by Gasteiger charge is -2.06. The second kappa shape index (κ2) is 6.51. The van der Waals surface area contributed by atoms with Crippen molar-refractivity contribution in [2.75, 3.05) is 0 Å². The molecule has 4 rings (SSSR count). The van der Waals surface area contributed by atoms with Crippen molar-refractivity contribution in [1.82, 2.24) is 4.98 Å². The van der Waals surface area contributed by atoms with Crippen LogP contribution in [0, 0.1) is 0 Å². The zero-order chi connectivity index (χ0) is 16.2. The van der Waals surface area contributed by atoms with Gasteiger partial charge in [0.2, 0.25) is 0 Å². The van der Waals surface area contributed by atoms with E-state index in [-0.39, 0.29) is 0 Å². The van der Waals surface area contributed by atoms with Crippen LogP contribution in [-0.2, 0) is 0 Å². The molecule has 1 aromatic heterocycles. The standard InChI is InChI=1S/C23H17N/c1-3-12-21-18(8-1)10-7-11-19(21)15-16-20-9-2-4-13-22(20)23-14-5-6-17-24-23/h1-17H/b16-15+. The average Bonchev–Trinajstić information content (AvgIpc) is 2.67. The lowest BCUT2D eigenvalue weighted by Crippen LogP contribution is -1.85. The smallest absolute Gasteiger partial charge is 0.0707 e. The van der Waals surface area contributed by atoms with E-state index in [4.69, 9.17) is 0 Å². The van der Waals surface area contributed by atoms with Gasteiger partial charge in [0.1, 0.15) is 0 Å². The van der Waals surface area contributed by atoms with E-state index in [9.17, 15) is 0 Å². The SMILES string of the molecule is C(=C\c1cccc2ccccc12)/c1ccccc1-c1ccccn1. The molecule has 0 atom stereocenters. The second-order valence-corrected chi connectivity index (χ2v) is 5.70. The number of pyridine rings is 1. The fraction of sp³-hybridized carbons (Fsp3) is 0. The maximum atomic E-state index is 4.48. The highest BCUT2D eigenvalue weighted by molar-refractivity contribution is 5.93. The van der Waals surface area contributed by atoms with Gasteiger partial charge in [-0.25, -0.2) is 0 Å². The van der Waals surface area contributed by atoms with Crippen molar-refractivity contribution in [2.45, 2.75) is 0 Å². The Kier molecular flexibility index (Phi) is 3.91. The summed E-state index contributed by atoms with van der Waals surface area (Å²) in [6.45, 7) is 0. The summed E-state index contributed by atoms with van der Waals surface area (Å²) < 4.78 is 0. The summed E-state index contributed by atoms with van der Waals surface area (Å²) in [6, 6.07) is 29.3. The number of fused-ring (bicyclic) bond motifs is 1. The highest BCUT2D eigenvalue weighted by Gasteiger charge is 2.03. The third-order valence-corrected chi connectivity index (χ3v) is 4.17. The summed E-state index contributed by atoms with van der Waals surface area (Å²) in [7, 11) is 0. The first-order chi connectivity index (χ1) is 11.9. The molecule has 0 saturated carbocycles. The van der Waals surface area contributed by atoms with Crippen LogP contribution in [0.25, 0.3) is 34.2 Å². The van der Waals surface area contributed by atoms with Crippen LogP contribution in [-0.4, -0.2) is 4.98 Å². The minimum absolute atomic E-state index is 0.996. The van der Waals surface area contributed by atoms with Gasteiger partial charge < -0.3 is 0 Å². The zero-order valence-electron chi connectivity index (χ0n) is 13.3. The number of hydrogen-bond donors (Lipinski definition) is 0. The molecule has 0 aliphatic carbocycles. The molecule has 0 spiro atoms. The van der Waals surface area contributed by atoms with Gasteiger partial charge in [-0.2, -0.15) is 0 Å². The minimum atomic E-state index is 0.996. The molecule has 24 heavy (non-hydrogen) atoms. The van der Waals surface area contributed by atoms with E-state index in [1.165, 1.54) is 21.9 Å². The molecule has 1 nitrogen and oxygen atoms in total. The van der Waals surface area contributed by atoms with Gasteiger partial charge in [0, 0.05) is 11.8 Å². The number of rotatable bonds is 3. The Morgan fingerprint density at radius 2 is 1.29 bits per heavy atom. The predicted octanol–water partition coefficient (Wildman–Crippen LogP) is 6.07. The van der Waals surface area contributed by atoms with Crippen LogP contribution in [0.1, 0.15) is 11.1 Å². The number of aromatic nitrogens is 1. The summed E-state index contributed by atoms with van der Waals surface area (Å²) in [6.07, 6.45) is 6.19. The molecule has 3 aromatic carbocycles. The molecular weight excluding hydrogens is 290 g/mol. The van der Waals surface area contributed by atoms with Crippen molar-refractivity contribution >= 4 is 22.9 Å². The number of nitrogens with zero attached hydrogens (tertiary/aromatic N) is 1. The van der Waals surface area contributed by atoms with E-state index < -0.39 is 0 Å². The van der Waals surface area contributed by atoms with E-state index in [1.807, 2.05) is 24.4 Å². The summed E-state index contributed by atoms with van der Waals surface area (Å²) in [5.74, 6) is 0. The third-order valence-electron chi connectivity index (χ3n) is 4.17. The molecule has 0 radical (unpaired) electrons. The minimum Gasteiger partial charge on any atom is -0.256 e. The van der Waals surface area contributed by atoms with Gasteiger partial charge in [-0.15, -0.1) is 0 Å². The van der Waals surface area contributed by atoms with Crippen LogP contribution >= 0.6 is 0 Å². The van der Waals surface area contributed by atoms with E-state index in [1.54, 1.807) is 0 Å². The van der Waals surface area contributed by atoms with Crippen LogP contribution in [0.4, 0.5) is 0 Å². The molecule has 0 N–H and O–H groups in total. The Balaban J connectivity index is 1.77. The van der Waals surface area contributed by atoms with Gasteiger partial charge in [-0.1, -0.05) is 84.9 Å². The maximum absolute atomic E-state index is 4.48. The maximum Gasteiger partial charge on any atom is 0.0707 e. The Labute approximate surface area is 141 Å². The van der Waals surface area contributed by atoms with Gasteiger partial charge in [0.25, 0.3) is 0 Å². The fourth-order valence-electron chi connectivity index (χ4n) is 2.97. The molecule has 0 aliphatic rings. The molecule has 0 unspecified atom stereocenters. The van der Waals surface area contributed by atoms with Crippen molar-refractivity contribution < 1.29 is 0 Å². The molecule has 1 heterocycles. The van der Waals surface area contributed by atoms with E-state index in [0.29, 0.717) is 0 Å². The highest BCUT2D eigenvalue weighted by Crippen LogP contribution is 2.25. The van der Waals surface area contributed by atoms with Crippen molar-refractivity contribution in [3.8, 4) is 11.3 Å². The van der Waals surface area contributed by atoms with Crippen LogP contribution in [0.3, 0.4) is 0 Å². The first-order valence-corrected chi connectivity index (χ1v) is 8.08. The van der Waals surface area contributed by atoms with Crippen molar-refractivity contribution in [2.24, 2.45) is 0 Å². The van der Waals surface area contributed by atoms with Crippen molar-refractivity contribution in [3.05, 3.63) is 102 Å². The van der Waals surface area contributed by atoms with E-state index in [2.05, 4.69) is 83.9 Å². The lowest BCUT2D eigenvalue weighted by molar-refractivity contribution is 1.32. The lowest BCUT2D eigenvalue weighted by atomic mass is 10.0. The van der Waals surface area contributed by atoms with Crippen molar-refractivity contribution in [3.63, 3.8) is 0 Å². The van der Waals surface area contributed by atoms with Crippen molar-refractivity contribution in [1.29, 1.82) is 0 Å². The predicted molar refractivity (Wildman–Crippen MR) is 103 cm³/mol. The molecular formula is C23H17N. The van der Waals surface area contributed by atoms with E-state index >= 15 is 0 Å². The van der Waals surface area contributed by atoms with Gasteiger partial charge in [0.15, 0.2) is 0 Å². The topological polar surface area (TPSA) is 12.9 Å². The van der Waals surface area contributed by atoms with Crippen LogP contribution in [0.5, 0.6) is 0 Å². The summed E-state index contributed by atoms with van der Waals surface area (Å²) in [5.41, 5.74) is 4.54. The molecule has 114 valence electrons. The first kappa shape index (κ1) is 14.4. The Hall–Kier alpha value is -3.19. The summed E-state index contributed by atoms with van der Waals surface area (Å²) in [5, 5.41) is 2.53. The number of benzene rings is 3. The molecule has 4 aromatic rings. The fourth-order valence-corrected chi connectivity index (χ4v) is 2.97. The van der Waals surface area contributed by atoms with Crippen LogP contribution in [0.2, 0.25) is 0 Å².